The number of rotatable bonds is 6. The molecule has 0 aromatic rings. The minimum absolute atomic E-state index is 0.119. The molecule has 0 spiro atoms. The number of amides is 1. The topological polar surface area (TPSA) is 64.6 Å². The number of alkyl halides is 1. The van der Waals surface area contributed by atoms with Gasteiger partial charge in [-0.05, 0) is 27.2 Å². The predicted octanol–water partition coefficient (Wildman–Crippen LogP) is 2.39. The Morgan fingerprint density at radius 1 is 1.44 bits per heavy atom. The molecule has 1 amide bonds. The lowest BCUT2D eigenvalue weighted by Gasteiger charge is -2.22. The SMILES string of the molecule is C=CCOC(=O)[C@H](CCBr)NC(=O)OC(C)(C)C. The largest absolute Gasteiger partial charge is 0.460 e. The molecule has 104 valence electrons. The highest BCUT2D eigenvalue weighted by molar-refractivity contribution is 9.09. The fraction of sp³-hybridized carbons (Fsp3) is 0.667. The molecule has 0 aromatic carbocycles. The van der Waals surface area contributed by atoms with E-state index in [0.29, 0.717) is 11.8 Å². The van der Waals surface area contributed by atoms with Gasteiger partial charge in [0.15, 0.2) is 0 Å². The lowest BCUT2D eigenvalue weighted by Crippen LogP contribution is -2.44. The van der Waals surface area contributed by atoms with Crippen molar-refractivity contribution in [2.45, 2.75) is 38.8 Å². The second kappa shape index (κ2) is 8.13. The third-order valence-corrected chi connectivity index (χ3v) is 2.17. The standard InChI is InChI=1S/C12H20BrNO4/c1-5-8-17-10(15)9(6-7-13)14-11(16)18-12(2,3)4/h5,9H,1,6-8H2,2-4H3,(H,14,16)/t9-/m0/s1. The number of alkyl carbamates (subject to hydrolysis) is 1. The molecule has 1 atom stereocenters. The summed E-state index contributed by atoms with van der Waals surface area (Å²) in [5.41, 5.74) is -0.603. The van der Waals surface area contributed by atoms with Gasteiger partial charge in [0.1, 0.15) is 18.2 Å². The van der Waals surface area contributed by atoms with Gasteiger partial charge in [-0.3, -0.25) is 0 Å². The van der Waals surface area contributed by atoms with Gasteiger partial charge in [-0.2, -0.15) is 0 Å². The molecule has 6 heteroatoms. The summed E-state index contributed by atoms with van der Waals surface area (Å²) >= 11 is 3.22. The van der Waals surface area contributed by atoms with Crippen molar-refractivity contribution < 1.29 is 19.1 Å². The molecule has 0 fully saturated rings. The lowest BCUT2D eigenvalue weighted by atomic mass is 10.2. The van der Waals surface area contributed by atoms with Crippen LogP contribution in [0.2, 0.25) is 0 Å². The van der Waals surface area contributed by atoms with Crippen molar-refractivity contribution >= 4 is 28.0 Å². The van der Waals surface area contributed by atoms with Crippen LogP contribution < -0.4 is 5.32 Å². The number of ether oxygens (including phenoxy) is 2. The zero-order chi connectivity index (χ0) is 14.2. The molecule has 18 heavy (non-hydrogen) atoms. The summed E-state index contributed by atoms with van der Waals surface area (Å²) in [4.78, 5) is 23.2. The molecule has 0 aliphatic rings. The molecule has 0 aliphatic carbocycles. The Kier molecular flexibility index (Phi) is 7.66. The highest BCUT2D eigenvalue weighted by Crippen LogP contribution is 2.08. The normalized spacial score (nSPS) is 12.4. The molecule has 0 unspecified atom stereocenters. The maximum absolute atomic E-state index is 11.6. The van der Waals surface area contributed by atoms with Crippen molar-refractivity contribution in [3.05, 3.63) is 12.7 Å². The van der Waals surface area contributed by atoms with Crippen molar-refractivity contribution in [1.82, 2.24) is 5.32 Å². The minimum Gasteiger partial charge on any atom is -0.460 e. The number of esters is 1. The summed E-state index contributed by atoms with van der Waals surface area (Å²) < 4.78 is 9.96. The van der Waals surface area contributed by atoms with Crippen LogP contribution in [0.5, 0.6) is 0 Å². The van der Waals surface area contributed by atoms with Crippen LogP contribution in [-0.4, -0.2) is 35.6 Å². The Labute approximate surface area is 116 Å². The summed E-state index contributed by atoms with van der Waals surface area (Å²) in [6, 6.07) is -0.723. The average molecular weight is 322 g/mol. The maximum Gasteiger partial charge on any atom is 0.408 e. The molecule has 0 heterocycles. The molecule has 0 saturated carbocycles. The van der Waals surface area contributed by atoms with Gasteiger partial charge in [0.25, 0.3) is 0 Å². The monoisotopic (exact) mass is 321 g/mol. The Hall–Kier alpha value is -1.04. The minimum atomic E-state index is -0.723. The first kappa shape index (κ1) is 17.0. The Balaban J connectivity index is 4.38. The van der Waals surface area contributed by atoms with Crippen LogP contribution in [0.3, 0.4) is 0 Å². The van der Waals surface area contributed by atoms with Gasteiger partial charge >= 0.3 is 12.1 Å². The molecular formula is C12H20BrNO4. The summed E-state index contributed by atoms with van der Waals surface area (Å²) in [5, 5.41) is 3.05. The molecule has 0 radical (unpaired) electrons. The zero-order valence-electron chi connectivity index (χ0n) is 11.0. The van der Waals surface area contributed by atoms with Crippen LogP contribution in [0.4, 0.5) is 4.79 Å². The summed E-state index contributed by atoms with van der Waals surface area (Å²) in [7, 11) is 0. The summed E-state index contributed by atoms with van der Waals surface area (Å²) in [6.45, 7) is 8.82. The van der Waals surface area contributed by atoms with Crippen molar-refractivity contribution in [2.24, 2.45) is 0 Å². The zero-order valence-corrected chi connectivity index (χ0v) is 12.6. The van der Waals surface area contributed by atoms with Crippen LogP contribution in [0.15, 0.2) is 12.7 Å². The third kappa shape index (κ3) is 8.11. The molecule has 0 bridgehead atoms. The Morgan fingerprint density at radius 2 is 2.06 bits per heavy atom. The van der Waals surface area contributed by atoms with E-state index in [2.05, 4.69) is 27.8 Å². The van der Waals surface area contributed by atoms with Gasteiger partial charge in [-0.25, -0.2) is 9.59 Å². The smallest absolute Gasteiger partial charge is 0.408 e. The first-order chi connectivity index (χ1) is 8.30. The molecule has 0 aliphatic heterocycles. The van der Waals surface area contributed by atoms with Crippen LogP contribution in [0, 0.1) is 0 Å². The molecule has 0 aromatic heterocycles. The summed E-state index contributed by atoms with van der Waals surface area (Å²) in [6.07, 6.45) is 1.26. The van der Waals surface area contributed by atoms with Gasteiger partial charge in [0.2, 0.25) is 0 Å². The Bertz CT molecular complexity index is 299. The van der Waals surface area contributed by atoms with E-state index in [1.807, 2.05) is 0 Å². The average Bonchev–Trinajstić information content (AvgIpc) is 2.22. The second-order valence-electron chi connectivity index (χ2n) is 4.60. The highest BCUT2D eigenvalue weighted by Gasteiger charge is 2.24. The van der Waals surface area contributed by atoms with E-state index in [1.54, 1.807) is 20.8 Å². The number of carbonyl (C=O) groups excluding carboxylic acids is 2. The van der Waals surface area contributed by atoms with Crippen molar-refractivity contribution in [1.29, 1.82) is 0 Å². The highest BCUT2D eigenvalue weighted by atomic mass is 79.9. The van der Waals surface area contributed by atoms with E-state index in [0.717, 1.165) is 0 Å². The van der Waals surface area contributed by atoms with Crippen LogP contribution in [-0.2, 0) is 14.3 Å². The number of nitrogens with one attached hydrogen (secondary N) is 1. The van der Waals surface area contributed by atoms with Gasteiger partial charge in [0, 0.05) is 5.33 Å². The first-order valence-corrected chi connectivity index (χ1v) is 6.75. The first-order valence-electron chi connectivity index (χ1n) is 5.63. The quantitative estimate of drug-likeness (QED) is 0.463. The molecule has 0 rings (SSSR count). The van der Waals surface area contributed by atoms with E-state index in [1.165, 1.54) is 6.08 Å². The summed E-state index contributed by atoms with van der Waals surface area (Å²) in [5.74, 6) is -0.500. The fourth-order valence-corrected chi connectivity index (χ4v) is 1.51. The molecule has 1 N–H and O–H groups in total. The molecular weight excluding hydrogens is 302 g/mol. The maximum atomic E-state index is 11.6. The van der Waals surface area contributed by atoms with E-state index < -0.39 is 23.7 Å². The van der Waals surface area contributed by atoms with Gasteiger partial charge in [-0.15, -0.1) is 0 Å². The predicted molar refractivity (Wildman–Crippen MR) is 72.7 cm³/mol. The fourth-order valence-electron chi connectivity index (χ4n) is 1.05. The molecule has 0 saturated heterocycles. The number of halogens is 1. The van der Waals surface area contributed by atoms with Crippen LogP contribution in [0.25, 0.3) is 0 Å². The third-order valence-electron chi connectivity index (χ3n) is 1.72. The van der Waals surface area contributed by atoms with Crippen molar-refractivity contribution in [3.63, 3.8) is 0 Å². The van der Waals surface area contributed by atoms with E-state index >= 15 is 0 Å². The van der Waals surface area contributed by atoms with E-state index in [-0.39, 0.29) is 6.61 Å². The number of hydrogen-bond acceptors (Lipinski definition) is 4. The van der Waals surface area contributed by atoms with Crippen LogP contribution in [0.1, 0.15) is 27.2 Å². The molecule has 5 nitrogen and oxygen atoms in total. The number of hydrogen-bond donors (Lipinski definition) is 1. The van der Waals surface area contributed by atoms with Crippen LogP contribution >= 0.6 is 15.9 Å². The van der Waals surface area contributed by atoms with Crippen molar-refractivity contribution in [2.75, 3.05) is 11.9 Å². The second-order valence-corrected chi connectivity index (χ2v) is 5.39. The Morgan fingerprint density at radius 3 is 2.50 bits per heavy atom. The number of carbonyl (C=O) groups is 2. The van der Waals surface area contributed by atoms with E-state index in [4.69, 9.17) is 9.47 Å². The van der Waals surface area contributed by atoms with Crippen molar-refractivity contribution in [3.8, 4) is 0 Å². The van der Waals surface area contributed by atoms with Gasteiger partial charge in [0.05, 0.1) is 0 Å². The lowest BCUT2D eigenvalue weighted by molar-refractivity contribution is -0.144. The van der Waals surface area contributed by atoms with Gasteiger partial charge in [-0.1, -0.05) is 28.6 Å². The van der Waals surface area contributed by atoms with Gasteiger partial charge < -0.3 is 14.8 Å². The van der Waals surface area contributed by atoms with E-state index in [9.17, 15) is 9.59 Å².